The predicted octanol–water partition coefficient (Wildman–Crippen LogP) is 3.59. The third-order valence-electron chi connectivity index (χ3n) is 4.62. The average molecular weight is 279 g/mol. The Labute approximate surface area is 125 Å². The van der Waals surface area contributed by atoms with Gasteiger partial charge in [0, 0.05) is 12.2 Å². The fraction of sp³-hybridized carbons (Fsp3) is 0.333. The summed E-state index contributed by atoms with van der Waals surface area (Å²) in [5, 5.41) is 3.74. The van der Waals surface area contributed by atoms with Crippen molar-refractivity contribution < 1.29 is 0 Å². The lowest BCUT2D eigenvalue weighted by Crippen LogP contribution is -2.13. The van der Waals surface area contributed by atoms with Gasteiger partial charge in [-0.2, -0.15) is 0 Å². The molecule has 3 N–H and O–H groups in total. The Morgan fingerprint density at radius 2 is 2.05 bits per heavy atom. The summed E-state index contributed by atoms with van der Waals surface area (Å²) >= 11 is 0. The van der Waals surface area contributed by atoms with Crippen molar-refractivity contribution in [1.82, 2.24) is 0 Å². The first-order valence-corrected chi connectivity index (χ1v) is 7.83. The maximum absolute atomic E-state index is 5.73. The summed E-state index contributed by atoms with van der Waals surface area (Å²) in [5.41, 5.74) is 12.6. The zero-order valence-electron chi connectivity index (χ0n) is 12.2. The van der Waals surface area contributed by atoms with E-state index >= 15 is 0 Å². The van der Waals surface area contributed by atoms with Crippen LogP contribution in [0.3, 0.4) is 0 Å². The van der Waals surface area contributed by atoms with E-state index < -0.39 is 0 Å². The molecule has 2 aliphatic rings. The summed E-state index contributed by atoms with van der Waals surface area (Å²) in [6.07, 6.45) is 3.26. The van der Waals surface area contributed by atoms with Gasteiger partial charge in [0.05, 0.1) is 17.4 Å². The van der Waals surface area contributed by atoms with Crippen molar-refractivity contribution in [2.24, 2.45) is 5.73 Å². The van der Waals surface area contributed by atoms with Gasteiger partial charge < -0.3 is 16.0 Å². The Bertz CT molecular complexity index is 665. The second-order valence-electron chi connectivity index (χ2n) is 5.90. The first-order chi connectivity index (χ1) is 10.4. The molecule has 0 amide bonds. The first kappa shape index (κ1) is 12.7. The van der Waals surface area contributed by atoms with E-state index in [1.165, 1.54) is 28.2 Å². The standard InChI is InChI=1S/C18H21N3/c19-11-4-8-15-14-6-3-5-13-10-12-21(18(13)14)17-9-2-1-7-16(17)20-15/h1-3,5-7,9,15,20H,4,8,10-12,19H2. The number of para-hydroxylation sites is 3. The van der Waals surface area contributed by atoms with Crippen molar-refractivity contribution in [2.45, 2.75) is 25.3 Å². The van der Waals surface area contributed by atoms with Gasteiger partial charge in [0.25, 0.3) is 0 Å². The van der Waals surface area contributed by atoms with Crippen molar-refractivity contribution in [3.63, 3.8) is 0 Å². The minimum Gasteiger partial charge on any atom is -0.376 e. The van der Waals surface area contributed by atoms with E-state index in [1.54, 1.807) is 0 Å². The molecule has 1 unspecified atom stereocenters. The Morgan fingerprint density at radius 3 is 2.95 bits per heavy atom. The van der Waals surface area contributed by atoms with E-state index in [2.05, 4.69) is 52.7 Å². The molecule has 0 aliphatic carbocycles. The summed E-state index contributed by atoms with van der Waals surface area (Å²) in [6, 6.07) is 15.7. The maximum Gasteiger partial charge on any atom is 0.0646 e. The third kappa shape index (κ3) is 2.00. The molecule has 3 nitrogen and oxygen atoms in total. The number of benzene rings is 2. The molecule has 2 aromatic carbocycles. The number of nitrogens with zero attached hydrogens (tertiary/aromatic N) is 1. The molecule has 0 fully saturated rings. The average Bonchev–Trinajstić information content (AvgIpc) is 2.89. The minimum absolute atomic E-state index is 0.354. The van der Waals surface area contributed by atoms with Crippen LogP contribution in [0, 0.1) is 0 Å². The highest BCUT2D eigenvalue weighted by Crippen LogP contribution is 2.47. The van der Waals surface area contributed by atoms with Crippen LogP contribution in [-0.4, -0.2) is 13.1 Å². The second kappa shape index (κ2) is 5.08. The Kier molecular flexibility index (Phi) is 3.08. The van der Waals surface area contributed by atoms with Crippen LogP contribution in [0.2, 0.25) is 0 Å². The van der Waals surface area contributed by atoms with Crippen molar-refractivity contribution >= 4 is 17.1 Å². The van der Waals surface area contributed by atoms with Crippen LogP contribution in [0.15, 0.2) is 42.5 Å². The summed E-state index contributed by atoms with van der Waals surface area (Å²) < 4.78 is 0. The topological polar surface area (TPSA) is 41.3 Å². The number of rotatable bonds is 3. The number of nitrogens with two attached hydrogens (primary N) is 1. The smallest absolute Gasteiger partial charge is 0.0646 e. The van der Waals surface area contributed by atoms with Gasteiger partial charge in [-0.1, -0.05) is 30.3 Å². The lowest BCUT2D eigenvalue weighted by Gasteiger charge is -2.21. The number of nitrogens with one attached hydrogen (secondary N) is 1. The Hall–Kier alpha value is -2.00. The fourth-order valence-electron chi connectivity index (χ4n) is 3.65. The molecule has 2 heterocycles. The predicted molar refractivity (Wildman–Crippen MR) is 88.2 cm³/mol. The lowest BCUT2D eigenvalue weighted by molar-refractivity contribution is 0.654. The molecular weight excluding hydrogens is 258 g/mol. The summed E-state index contributed by atoms with van der Waals surface area (Å²) in [4.78, 5) is 2.48. The third-order valence-corrected chi connectivity index (χ3v) is 4.62. The summed E-state index contributed by atoms with van der Waals surface area (Å²) in [7, 11) is 0. The Morgan fingerprint density at radius 1 is 1.14 bits per heavy atom. The van der Waals surface area contributed by atoms with E-state index in [-0.39, 0.29) is 0 Å². The molecule has 0 radical (unpaired) electrons. The number of hydrogen-bond acceptors (Lipinski definition) is 3. The van der Waals surface area contributed by atoms with Gasteiger partial charge in [-0.15, -0.1) is 0 Å². The highest BCUT2D eigenvalue weighted by molar-refractivity contribution is 5.84. The van der Waals surface area contributed by atoms with Gasteiger partial charge in [-0.05, 0) is 49.1 Å². The van der Waals surface area contributed by atoms with E-state index in [1.807, 2.05) is 0 Å². The summed E-state index contributed by atoms with van der Waals surface area (Å²) in [6.45, 7) is 1.83. The molecular formula is C18H21N3. The number of anilines is 3. The summed E-state index contributed by atoms with van der Waals surface area (Å²) in [5.74, 6) is 0. The van der Waals surface area contributed by atoms with Crippen LogP contribution in [0.4, 0.5) is 17.1 Å². The van der Waals surface area contributed by atoms with Crippen LogP contribution in [0.5, 0.6) is 0 Å². The minimum atomic E-state index is 0.354. The molecule has 3 heteroatoms. The quantitative estimate of drug-likeness (QED) is 0.902. The van der Waals surface area contributed by atoms with Crippen LogP contribution >= 0.6 is 0 Å². The Balaban J connectivity index is 1.87. The molecule has 0 spiro atoms. The monoisotopic (exact) mass is 279 g/mol. The fourth-order valence-corrected chi connectivity index (χ4v) is 3.65. The molecule has 0 saturated carbocycles. The van der Waals surface area contributed by atoms with E-state index in [0.29, 0.717) is 6.04 Å². The molecule has 108 valence electrons. The van der Waals surface area contributed by atoms with Gasteiger partial charge in [0.2, 0.25) is 0 Å². The number of hydrogen-bond donors (Lipinski definition) is 2. The second-order valence-corrected chi connectivity index (χ2v) is 5.90. The maximum atomic E-state index is 5.73. The molecule has 2 aromatic rings. The van der Waals surface area contributed by atoms with E-state index in [4.69, 9.17) is 5.73 Å². The van der Waals surface area contributed by atoms with Crippen molar-refractivity contribution in [3.05, 3.63) is 53.6 Å². The van der Waals surface area contributed by atoms with Gasteiger partial charge in [-0.3, -0.25) is 0 Å². The van der Waals surface area contributed by atoms with E-state index in [0.717, 1.165) is 32.4 Å². The first-order valence-electron chi connectivity index (χ1n) is 7.83. The normalized spacial score (nSPS) is 18.7. The largest absolute Gasteiger partial charge is 0.376 e. The van der Waals surface area contributed by atoms with Gasteiger partial charge in [0.15, 0.2) is 0 Å². The molecule has 2 aliphatic heterocycles. The highest BCUT2D eigenvalue weighted by atomic mass is 15.2. The molecule has 0 aromatic heterocycles. The molecule has 4 rings (SSSR count). The van der Waals surface area contributed by atoms with Crippen LogP contribution in [-0.2, 0) is 6.42 Å². The van der Waals surface area contributed by atoms with Crippen LogP contribution < -0.4 is 16.0 Å². The highest BCUT2D eigenvalue weighted by Gasteiger charge is 2.31. The SMILES string of the molecule is NCCCC1Nc2ccccc2N2CCc3cccc1c32. The number of fused-ring (bicyclic) bond motifs is 2. The van der Waals surface area contributed by atoms with E-state index in [9.17, 15) is 0 Å². The van der Waals surface area contributed by atoms with Gasteiger partial charge in [0.1, 0.15) is 0 Å². The van der Waals surface area contributed by atoms with Crippen LogP contribution in [0.25, 0.3) is 0 Å². The lowest BCUT2D eigenvalue weighted by atomic mass is 9.97. The van der Waals surface area contributed by atoms with Crippen molar-refractivity contribution in [2.75, 3.05) is 23.3 Å². The van der Waals surface area contributed by atoms with Crippen molar-refractivity contribution in [1.29, 1.82) is 0 Å². The molecule has 21 heavy (non-hydrogen) atoms. The van der Waals surface area contributed by atoms with Crippen molar-refractivity contribution in [3.8, 4) is 0 Å². The molecule has 0 saturated heterocycles. The molecule has 1 atom stereocenters. The zero-order valence-corrected chi connectivity index (χ0v) is 12.2. The zero-order chi connectivity index (χ0) is 14.2. The molecule has 0 bridgehead atoms. The van der Waals surface area contributed by atoms with Crippen LogP contribution in [0.1, 0.15) is 30.0 Å². The van der Waals surface area contributed by atoms with Gasteiger partial charge in [-0.25, -0.2) is 0 Å². The van der Waals surface area contributed by atoms with Gasteiger partial charge >= 0.3 is 0 Å².